The van der Waals surface area contributed by atoms with Crippen molar-refractivity contribution in [3.63, 3.8) is 0 Å². The lowest BCUT2D eigenvalue weighted by Crippen LogP contribution is -1.89. The van der Waals surface area contributed by atoms with Crippen LogP contribution >= 0.6 is 0 Å². The summed E-state index contributed by atoms with van der Waals surface area (Å²) in [4.78, 5) is 0. The zero-order chi connectivity index (χ0) is 13.9. The molecule has 98 valence electrons. The molecule has 20 heavy (non-hydrogen) atoms. The second kappa shape index (κ2) is 5.10. The monoisotopic (exact) mass is 260 g/mol. The number of hydrogen-bond acceptors (Lipinski definition) is 2. The first-order chi connectivity index (χ1) is 9.74. The molecule has 0 aliphatic heterocycles. The number of hydrogen-bond donors (Lipinski definition) is 2. The van der Waals surface area contributed by atoms with E-state index in [1.165, 1.54) is 0 Å². The van der Waals surface area contributed by atoms with E-state index in [9.17, 15) is 0 Å². The zero-order valence-corrected chi connectivity index (χ0v) is 11.1. The average Bonchev–Trinajstić information content (AvgIpc) is 2.48. The lowest BCUT2D eigenvalue weighted by atomic mass is 9.99. The van der Waals surface area contributed by atoms with Crippen LogP contribution in [-0.4, -0.2) is 0 Å². The van der Waals surface area contributed by atoms with Crippen LogP contribution in [0, 0.1) is 0 Å². The molecule has 0 bridgehead atoms. The number of rotatable bonds is 2. The largest absolute Gasteiger partial charge is 0.399 e. The van der Waals surface area contributed by atoms with E-state index in [0.29, 0.717) is 0 Å². The van der Waals surface area contributed by atoms with Crippen molar-refractivity contribution >= 4 is 11.4 Å². The number of benzene rings is 3. The maximum atomic E-state index is 6.01. The topological polar surface area (TPSA) is 52.0 Å². The lowest BCUT2D eigenvalue weighted by molar-refractivity contribution is 1.58. The van der Waals surface area contributed by atoms with Crippen molar-refractivity contribution in [1.29, 1.82) is 0 Å². The Morgan fingerprint density at radius 2 is 1.25 bits per heavy atom. The molecule has 0 aromatic heterocycles. The molecule has 3 rings (SSSR count). The summed E-state index contributed by atoms with van der Waals surface area (Å²) < 4.78 is 0. The minimum atomic E-state index is 0.777. The van der Waals surface area contributed by atoms with Gasteiger partial charge in [-0.25, -0.2) is 0 Å². The van der Waals surface area contributed by atoms with Crippen LogP contribution in [0.5, 0.6) is 0 Å². The van der Waals surface area contributed by atoms with Crippen LogP contribution in [0.4, 0.5) is 11.4 Å². The molecular formula is C18H16N2. The summed E-state index contributed by atoms with van der Waals surface area (Å²) >= 11 is 0. The van der Waals surface area contributed by atoms with Crippen molar-refractivity contribution < 1.29 is 0 Å². The molecule has 3 aromatic carbocycles. The predicted octanol–water partition coefficient (Wildman–Crippen LogP) is 4.19. The summed E-state index contributed by atoms with van der Waals surface area (Å²) in [6, 6.07) is 24.1. The van der Waals surface area contributed by atoms with Crippen LogP contribution in [0.2, 0.25) is 0 Å². The molecule has 0 saturated carbocycles. The predicted molar refractivity (Wildman–Crippen MR) is 86.1 cm³/mol. The SMILES string of the molecule is Nc1cccc(-c2ccc(-c3ccccc3N)cc2)c1. The highest BCUT2D eigenvalue weighted by molar-refractivity contribution is 5.78. The molecule has 0 atom stereocenters. The molecule has 3 aromatic rings. The van der Waals surface area contributed by atoms with Gasteiger partial charge in [0.2, 0.25) is 0 Å². The minimum absolute atomic E-state index is 0.777. The highest BCUT2D eigenvalue weighted by atomic mass is 14.6. The average molecular weight is 260 g/mol. The van der Waals surface area contributed by atoms with Gasteiger partial charge in [0.1, 0.15) is 0 Å². The molecule has 0 aliphatic carbocycles. The first-order valence-corrected chi connectivity index (χ1v) is 6.55. The fourth-order valence-corrected chi connectivity index (χ4v) is 2.32. The molecule has 2 nitrogen and oxygen atoms in total. The van der Waals surface area contributed by atoms with Gasteiger partial charge in [0, 0.05) is 16.9 Å². The van der Waals surface area contributed by atoms with E-state index in [1.807, 2.05) is 42.5 Å². The second-order valence-electron chi connectivity index (χ2n) is 4.79. The Balaban J connectivity index is 1.98. The van der Waals surface area contributed by atoms with E-state index in [-0.39, 0.29) is 0 Å². The van der Waals surface area contributed by atoms with Crippen LogP contribution in [0.3, 0.4) is 0 Å². The quantitative estimate of drug-likeness (QED) is 0.679. The van der Waals surface area contributed by atoms with Crippen molar-refractivity contribution in [3.05, 3.63) is 72.8 Å². The van der Waals surface area contributed by atoms with Gasteiger partial charge in [-0.05, 0) is 34.9 Å². The number of nitrogen functional groups attached to an aromatic ring is 2. The lowest BCUT2D eigenvalue weighted by Gasteiger charge is -2.07. The molecule has 0 radical (unpaired) electrons. The van der Waals surface area contributed by atoms with Gasteiger partial charge in [0.15, 0.2) is 0 Å². The molecule has 0 amide bonds. The molecule has 0 spiro atoms. The molecule has 0 aliphatic rings. The Labute approximate surface area is 118 Å². The highest BCUT2D eigenvalue weighted by Gasteiger charge is 2.03. The number of nitrogens with two attached hydrogens (primary N) is 2. The van der Waals surface area contributed by atoms with Crippen molar-refractivity contribution in [3.8, 4) is 22.3 Å². The highest BCUT2D eigenvalue weighted by Crippen LogP contribution is 2.28. The fraction of sp³-hybridized carbons (Fsp3) is 0. The van der Waals surface area contributed by atoms with Crippen LogP contribution in [0.1, 0.15) is 0 Å². The van der Waals surface area contributed by atoms with Crippen LogP contribution < -0.4 is 11.5 Å². The van der Waals surface area contributed by atoms with Crippen LogP contribution in [0.25, 0.3) is 22.3 Å². The van der Waals surface area contributed by atoms with Crippen molar-refractivity contribution in [2.45, 2.75) is 0 Å². The Hall–Kier alpha value is -2.74. The summed E-state index contributed by atoms with van der Waals surface area (Å²) in [5, 5.41) is 0. The Kier molecular flexibility index (Phi) is 3.13. The first-order valence-electron chi connectivity index (χ1n) is 6.55. The van der Waals surface area contributed by atoms with Gasteiger partial charge in [-0.1, -0.05) is 54.6 Å². The third-order valence-corrected chi connectivity index (χ3v) is 3.38. The molecule has 2 heteroatoms. The van der Waals surface area contributed by atoms with E-state index in [1.54, 1.807) is 0 Å². The third kappa shape index (κ3) is 2.36. The van der Waals surface area contributed by atoms with Crippen LogP contribution in [-0.2, 0) is 0 Å². The van der Waals surface area contributed by atoms with Gasteiger partial charge in [0.25, 0.3) is 0 Å². The van der Waals surface area contributed by atoms with E-state index in [0.717, 1.165) is 33.6 Å². The minimum Gasteiger partial charge on any atom is -0.399 e. The van der Waals surface area contributed by atoms with E-state index in [4.69, 9.17) is 11.5 Å². The first kappa shape index (κ1) is 12.3. The normalized spacial score (nSPS) is 10.4. The molecule has 0 heterocycles. The summed E-state index contributed by atoms with van der Waals surface area (Å²) in [6.07, 6.45) is 0. The summed E-state index contributed by atoms with van der Waals surface area (Å²) in [6.45, 7) is 0. The molecule has 0 unspecified atom stereocenters. The van der Waals surface area contributed by atoms with Gasteiger partial charge in [0.05, 0.1) is 0 Å². The van der Waals surface area contributed by atoms with Crippen molar-refractivity contribution in [2.75, 3.05) is 11.5 Å². The standard InChI is InChI=1S/C18H16N2/c19-16-5-3-4-15(12-16)13-8-10-14(11-9-13)17-6-1-2-7-18(17)20/h1-12H,19-20H2. The van der Waals surface area contributed by atoms with Gasteiger partial charge < -0.3 is 11.5 Å². The molecular weight excluding hydrogens is 244 g/mol. The zero-order valence-electron chi connectivity index (χ0n) is 11.1. The number of anilines is 2. The molecule has 4 N–H and O–H groups in total. The summed E-state index contributed by atoms with van der Waals surface area (Å²) in [5.74, 6) is 0. The fourth-order valence-electron chi connectivity index (χ4n) is 2.32. The van der Waals surface area contributed by atoms with E-state index in [2.05, 4.69) is 30.3 Å². The van der Waals surface area contributed by atoms with Crippen LogP contribution in [0.15, 0.2) is 72.8 Å². The smallest absolute Gasteiger partial charge is 0.0393 e. The number of para-hydroxylation sites is 1. The Bertz CT molecular complexity index is 730. The van der Waals surface area contributed by atoms with Crippen molar-refractivity contribution in [1.82, 2.24) is 0 Å². The van der Waals surface area contributed by atoms with Gasteiger partial charge in [-0.15, -0.1) is 0 Å². The van der Waals surface area contributed by atoms with Gasteiger partial charge in [-0.3, -0.25) is 0 Å². The van der Waals surface area contributed by atoms with E-state index < -0.39 is 0 Å². The molecule has 0 fully saturated rings. The molecule has 0 saturated heterocycles. The second-order valence-corrected chi connectivity index (χ2v) is 4.79. The van der Waals surface area contributed by atoms with E-state index >= 15 is 0 Å². The maximum absolute atomic E-state index is 6.01. The third-order valence-electron chi connectivity index (χ3n) is 3.38. The summed E-state index contributed by atoms with van der Waals surface area (Å²) in [5.41, 5.74) is 17.9. The summed E-state index contributed by atoms with van der Waals surface area (Å²) in [7, 11) is 0. The van der Waals surface area contributed by atoms with Crippen molar-refractivity contribution in [2.24, 2.45) is 0 Å². The maximum Gasteiger partial charge on any atom is 0.0393 e. The van der Waals surface area contributed by atoms with Gasteiger partial charge >= 0.3 is 0 Å². The van der Waals surface area contributed by atoms with Gasteiger partial charge in [-0.2, -0.15) is 0 Å². The Morgan fingerprint density at radius 3 is 1.95 bits per heavy atom. The Morgan fingerprint density at radius 1 is 0.550 bits per heavy atom.